The van der Waals surface area contributed by atoms with Crippen molar-refractivity contribution in [1.29, 1.82) is 0 Å². The monoisotopic (exact) mass is 312 g/mol. The molecule has 0 bridgehead atoms. The second kappa shape index (κ2) is 7.48. The van der Waals surface area contributed by atoms with Crippen LogP contribution >= 0.6 is 23.1 Å². The van der Waals surface area contributed by atoms with Crippen molar-refractivity contribution < 1.29 is 4.79 Å². The molecule has 2 heterocycles. The van der Waals surface area contributed by atoms with Gasteiger partial charge in [-0.2, -0.15) is 23.1 Å². The molecule has 0 spiro atoms. The van der Waals surface area contributed by atoms with E-state index in [1.54, 1.807) is 11.3 Å². The summed E-state index contributed by atoms with van der Waals surface area (Å²) in [7, 11) is 0. The molecule has 20 heavy (non-hydrogen) atoms. The maximum absolute atomic E-state index is 12.6. The Balaban J connectivity index is 2.12. The molecule has 3 atom stereocenters. The smallest absolute Gasteiger partial charge is 0.241 e. The summed E-state index contributed by atoms with van der Waals surface area (Å²) < 4.78 is 0. The predicted octanol–water partition coefficient (Wildman–Crippen LogP) is 3.49. The molecule has 0 aromatic carbocycles. The Morgan fingerprint density at radius 2 is 2.35 bits per heavy atom. The van der Waals surface area contributed by atoms with Crippen LogP contribution in [-0.2, 0) is 4.79 Å². The third-order valence-corrected chi connectivity index (χ3v) is 5.47. The van der Waals surface area contributed by atoms with Crippen molar-refractivity contribution in [2.45, 2.75) is 50.6 Å². The largest absolute Gasteiger partial charge is 0.320 e. The summed E-state index contributed by atoms with van der Waals surface area (Å²) in [5.74, 6) is 0.274. The van der Waals surface area contributed by atoms with Crippen molar-refractivity contribution in [3.8, 4) is 0 Å². The zero-order chi connectivity index (χ0) is 14.5. The van der Waals surface area contributed by atoms with Gasteiger partial charge in [-0.05, 0) is 35.1 Å². The number of thioether (sulfide) groups is 1. The molecule has 112 valence electrons. The van der Waals surface area contributed by atoms with Crippen molar-refractivity contribution in [2.24, 2.45) is 0 Å². The molecule has 3 unspecified atom stereocenters. The van der Waals surface area contributed by atoms with E-state index in [2.05, 4.69) is 42.2 Å². The molecule has 1 fully saturated rings. The number of carbonyl (C=O) groups excluding carboxylic acids is 1. The molecule has 5 heteroatoms. The first kappa shape index (κ1) is 15.9. The summed E-state index contributed by atoms with van der Waals surface area (Å²) in [5, 5.41) is 8.22. The van der Waals surface area contributed by atoms with Crippen LogP contribution in [0, 0.1) is 0 Å². The average molecular weight is 313 g/mol. The van der Waals surface area contributed by atoms with Gasteiger partial charge in [-0.25, -0.2) is 0 Å². The molecule has 1 N–H and O–H groups in total. The molecule has 1 saturated heterocycles. The van der Waals surface area contributed by atoms with Gasteiger partial charge in [-0.1, -0.05) is 26.7 Å². The molecule has 1 aromatic heterocycles. The molecular formula is C15H24N2OS2. The quantitative estimate of drug-likeness (QED) is 0.836. The maximum Gasteiger partial charge on any atom is 0.241 e. The molecule has 0 saturated carbocycles. The first-order chi connectivity index (χ1) is 9.67. The van der Waals surface area contributed by atoms with Crippen molar-refractivity contribution in [3.63, 3.8) is 0 Å². The maximum atomic E-state index is 12.6. The third kappa shape index (κ3) is 3.57. The lowest BCUT2D eigenvalue weighted by atomic mass is 10.1. The van der Waals surface area contributed by atoms with E-state index in [1.165, 1.54) is 5.56 Å². The Hall–Kier alpha value is -0.520. The van der Waals surface area contributed by atoms with Gasteiger partial charge in [0.1, 0.15) is 6.17 Å². The van der Waals surface area contributed by atoms with Crippen molar-refractivity contribution in [1.82, 2.24) is 10.2 Å². The summed E-state index contributed by atoms with van der Waals surface area (Å²) in [4.78, 5) is 14.7. The van der Waals surface area contributed by atoms with Crippen LogP contribution in [0.2, 0.25) is 0 Å². The van der Waals surface area contributed by atoms with Crippen LogP contribution in [0.5, 0.6) is 0 Å². The fourth-order valence-corrected chi connectivity index (χ4v) is 3.54. The molecular weight excluding hydrogens is 288 g/mol. The number of unbranched alkanes of at least 4 members (excludes halogenated alkanes) is 1. The average Bonchev–Trinajstić information content (AvgIpc) is 3.07. The van der Waals surface area contributed by atoms with Crippen LogP contribution in [0.4, 0.5) is 0 Å². The van der Waals surface area contributed by atoms with Crippen LogP contribution in [0.25, 0.3) is 0 Å². The lowest BCUT2D eigenvalue weighted by Crippen LogP contribution is -2.35. The van der Waals surface area contributed by atoms with Crippen LogP contribution < -0.4 is 5.32 Å². The highest BCUT2D eigenvalue weighted by molar-refractivity contribution is 7.99. The minimum Gasteiger partial charge on any atom is -0.320 e. The second-order valence-corrected chi connectivity index (χ2v) is 7.41. The van der Waals surface area contributed by atoms with Crippen LogP contribution in [-0.4, -0.2) is 34.9 Å². The van der Waals surface area contributed by atoms with Crippen LogP contribution in [0.3, 0.4) is 0 Å². The predicted molar refractivity (Wildman–Crippen MR) is 88.2 cm³/mol. The van der Waals surface area contributed by atoms with E-state index in [-0.39, 0.29) is 18.1 Å². The number of amides is 1. The van der Waals surface area contributed by atoms with Gasteiger partial charge in [0.15, 0.2) is 0 Å². The SMILES string of the molecule is CCCCC1NC(c2ccsc2)N(CC(C)SC)C1=O. The third-order valence-electron chi connectivity index (χ3n) is 3.81. The van der Waals surface area contributed by atoms with E-state index in [4.69, 9.17) is 0 Å². The normalized spacial score (nSPS) is 24.4. The molecule has 0 radical (unpaired) electrons. The standard InChI is InChI=1S/C15H24N2OS2/c1-4-5-6-13-15(18)17(9-11(2)19-3)14(16-13)12-7-8-20-10-12/h7-8,10-11,13-14,16H,4-6,9H2,1-3H3. The van der Waals surface area contributed by atoms with E-state index in [0.717, 1.165) is 25.8 Å². The Morgan fingerprint density at radius 1 is 1.55 bits per heavy atom. The molecule has 3 nitrogen and oxygen atoms in total. The summed E-state index contributed by atoms with van der Waals surface area (Å²) in [6.07, 6.45) is 5.35. The fraction of sp³-hybridized carbons (Fsp3) is 0.667. The van der Waals surface area contributed by atoms with E-state index < -0.39 is 0 Å². The summed E-state index contributed by atoms with van der Waals surface area (Å²) in [6.45, 7) is 5.17. The highest BCUT2D eigenvalue weighted by atomic mass is 32.2. The summed E-state index contributed by atoms with van der Waals surface area (Å²) >= 11 is 3.50. The number of rotatable bonds is 7. The molecule has 1 amide bonds. The van der Waals surface area contributed by atoms with Gasteiger partial charge in [0.05, 0.1) is 6.04 Å². The lowest BCUT2D eigenvalue weighted by Gasteiger charge is -2.26. The van der Waals surface area contributed by atoms with E-state index in [9.17, 15) is 4.79 Å². The van der Waals surface area contributed by atoms with Gasteiger partial charge < -0.3 is 4.90 Å². The number of thiophene rings is 1. The van der Waals surface area contributed by atoms with Gasteiger partial charge in [0.2, 0.25) is 5.91 Å². The van der Waals surface area contributed by atoms with Gasteiger partial charge >= 0.3 is 0 Å². The van der Waals surface area contributed by atoms with Crippen molar-refractivity contribution >= 4 is 29.0 Å². The van der Waals surface area contributed by atoms with Crippen molar-refractivity contribution in [3.05, 3.63) is 22.4 Å². The van der Waals surface area contributed by atoms with Crippen molar-refractivity contribution in [2.75, 3.05) is 12.8 Å². The summed E-state index contributed by atoms with van der Waals surface area (Å²) in [5.41, 5.74) is 1.22. The Labute approximate surface area is 130 Å². The van der Waals surface area contributed by atoms with E-state index in [0.29, 0.717) is 5.25 Å². The van der Waals surface area contributed by atoms with Gasteiger partial charge in [0, 0.05) is 11.8 Å². The highest BCUT2D eigenvalue weighted by Crippen LogP contribution is 2.29. The topological polar surface area (TPSA) is 32.3 Å². The number of nitrogens with one attached hydrogen (secondary N) is 1. The van der Waals surface area contributed by atoms with E-state index in [1.807, 2.05) is 16.7 Å². The Bertz CT molecular complexity index is 422. The zero-order valence-electron chi connectivity index (χ0n) is 12.5. The number of hydrogen-bond acceptors (Lipinski definition) is 4. The van der Waals surface area contributed by atoms with E-state index >= 15 is 0 Å². The molecule has 1 aromatic rings. The molecule has 0 aliphatic carbocycles. The van der Waals surface area contributed by atoms with Gasteiger partial charge in [0.25, 0.3) is 0 Å². The Kier molecular flexibility index (Phi) is 5.93. The molecule has 1 aliphatic heterocycles. The highest BCUT2D eigenvalue weighted by Gasteiger charge is 2.39. The number of hydrogen-bond donors (Lipinski definition) is 1. The summed E-state index contributed by atoms with van der Waals surface area (Å²) in [6, 6.07) is 2.11. The lowest BCUT2D eigenvalue weighted by molar-refractivity contribution is -0.130. The minimum atomic E-state index is -0.00564. The number of nitrogens with zero attached hydrogens (tertiary/aromatic N) is 1. The fourth-order valence-electron chi connectivity index (χ4n) is 2.55. The first-order valence-corrected chi connectivity index (χ1v) is 9.51. The first-order valence-electron chi connectivity index (χ1n) is 7.28. The number of carbonyl (C=O) groups is 1. The van der Waals surface area contributed by atoms with Crippen LogP contribution in [0.15, 0.2) is 16.8 Å². The zero-order valence-corrected chi connectivity index (χ0v) is 14.1. The molecule has 1 aliphatic rings. The van der Waals surface area contributed by atoms with Gasteiger partial charge in [-0.3, -0.25) is 10.1 Å². The van der Waals surface area contributed by atoms with Gasteiger partial charge in [-0.15, -0.1) is 0 Å². The Morgan fingerprint density at radius 3 is 2.95 bits per heavy atom. The van der Waals surface area contributed by atoms with Crippen LogP contribution in [0.1, 0.15) is 44.8 Å². The second-order valence-electron chi connectivity index (χ2n) is 5.36. The molecule has 2 rings (SSSR count). The minimum absolute atomic E-state index is 0.00564.